The summed E-state index contributed by atoms with van der Waals surface area (Å²) >= 11 is 0. The van der Waals surface area contributed by atoms with Gasteiger partial charge in [0.25, 0.3) is 0 Å². The second kappa shape index (κ2) is 9.17. The number of benzene rings is 1. The average Bonchev–Trinajstić information content (AvgIpc) is 2.69. The third-order valence-electron chi connectivity index (χ3n) is 5.60. The Labute approximate surface area is 163 Å². The monoisotopic (exact) mass is 396 g/mol. The maximum atomic E-state index is 12.9. The molecular weight excluding hydrogens is 364 g/mol. The van der Waals surface area contributed by atoms with Crippen LogP contribution in [0, 0.1) is 6.92 Å². The lowest BCUT2D eigenvalue weighted by Gasteiger charge is -2.45. The fourth-order valence-corrected chi connectivity index (χ4v) is 5.23. The molecule has 0 saturated carbocycles. The number of esters is 1. The number of hydrogen-bond acceptors (Lipinski definition) is 5. The van der Waals surface area contributed by atoms with Gasteiger partial charge in [-0.1, -0.05) is 44.4 Å². The molecule has 2 rings (SSSR count). The van der Waals surface area contributed by atoms with Crippen molar-refractivity contribution >= 4 is 16.0 Å². The summed E-state index contributed by atoms with van der Waals surface area (Å²) in [6.07, 6.45) is 3.33. The van der Waals surface area contributed by atoms with Crippen molar-refractivity contribution in [1.29, 1.82) is 0 Å². The Morgan fingerprint density at radius 2 is 1.70 bits per heavy atom. The Kier molecular flexibility index (Phi) is 7.42. The fraction of sp³-hybridized carbons (Fsp3) is 0.650. The molecule has 27 heavy (non-hydrogen) atoms. The Bertz CT molecular complexity index is 725. The zero-order valence-electron chi connectivity index (χ0n) is 16.9. The highest BCUT2D eigenvalue weighted by molar-refractivity contribution is 7.89. The van der Waals surface area contributed by atoms with Crippen LogP contribution in [0.1, 0.15) is 45.1 Å². The zero-order chi connectivity index (χ0) is 20.1. The van der Waals surface area contributed by atoms with Crippen LogP contribution in [0.25, 0.3) is 0 Å². The van der Waals surface area contributed by atoms with Crippen molar-refractivity contribution < 1.29 is 17.9 Å². The first-order valence-corrected chi connectivity index (χ1v) is 11.2. The van der Waals surface area contributed by atoms with E-state index in [9.17, 15) is 13.2 Å². The van der Waals surface area contributed by atoms with Crippen molar-refractivity contribution in [2.45, 2.75) is 56.9 Å². The van der Waals surface area contributed by atoms with Crippen molar-refractivity contribution in [2.24, 2.45) is 0 Å². The van der Waals surface area contributed by atoms with Gasteiger partial charge in [0.1, 0.15) is 5.54 Å². The Morgan fingerprint density at radius 3 is 2.19 bits per heavy atom. The van der Waals surface area contributed by atoms with Gasteiger partial charge in [-0.15, -0.1) is 0 Å². The van der Waals surface area contributed by atoms with Crippen LogP contribution < -0.4 is 0 Å². The van der Waals surface area contributed by atoms with E-state index in [4.69, 9.17) is 4.74 Å². The minimum atomic E-state index is -3.51. The summed E-state index contributed by atoms with van der Waals surface area (Å²) in [4.78, 5) is 15.0. The van der Waals surface area contributed by atoms with E-state index >= 15 is 0 Å². The predicted octanol–water partition coefficient (Wildman–Crippen LogP) is 2.81. The standard InChI is InChI=1S/C20H32N2O4S/c1-5-7-12-20(6-2,19(23)26-4)21-13-15-22(16-14-21)27(24,25)18-10-8-17(3)9-11-18/h8-11H,5-7,12-16H2,1-4H3. The van der Waals surface area contributed by atoms with Gasteiger partial charge in [-0.25, -0.2) is 8.42 Å². The highest BCUT2D eigenvalue weighted by Crippen LogP contribution is 2.30. The van der Waals surface area contributed by atoms with E-state index in [1.807, 2.05) is 26.0 Å². The minimum absolute atomic E-state index is 0.215. The number of carbonyl (C=O) groups is 1. The van der Waals surface area contributed by atoms with Gasteiger partial charge in [-0.3, -0.25) is 9.69 Å². The van der Waals surface area contributed by atoms with Gasteiger partial charge < -0.3 is 4.74 Å². The van der Waals surface area contributed by atoms with Crippen molar-refractivity contribution in [3.63, 3.8) is 0 Å². The number of methoxy groups -OCH3 is 1. The molecule has 0 amide bonds. The normalized spacial score (nSPS) is 18.8. The van der Waals surface area contributed by atoms with Crippen molar-refractivity contribution in [3.8, 4) is 0 Å². The molecule has 1 aromatic carbocycles. The maximum Gasteiger partial charge on any atom is 0.326 e. The summed E-state index contributed by atoms with van der Waals surface area (Å²) in [7, 11) is -2.08. The first-order chi connectivity index (χ1) is 12.8. The van der Waals surface area contributed by atoms with Crippen LogP contribution in [0.4, 0.5) is 0 Å². The Balaban J connectivity index is 2.16. The van der Waals surface area contributed by atoms with E-state index in [1.54, 1.807) is 12.1 Å². The zero-order valence-corrected chi connectivity index (χ0v) is 17.7. The molecule has 0 spiro atoms. The van der Waals surface area contributed by atoms with Gasteiger partial charge in [-0.2, -0.15) is 4.31 Å². The summed E-state index contributed by atoms with van der Waals surface area (Å²) in [6, 6.07) is 6.94. The second-order valence-electron chi connectivity index (χ2n) is 7.18. The van der Waals surface area contributed by atoms with Crippen LogP contribution in [0.5, 0.6) is 0 Å². The average molecular weight is 397 g/mol. The molecule has 6 nitrogen and oxygen atoms in total. The molecule has 1 saturated heterocycles. The van der Waals surface area contributed by atoms with Gasteiger partial charge in [0.15, 0.2) is 0 Å². The number of piperazine rings is 1. The van der Waals surface area contributed by atoms with Gasteiger partial charge in [-0.05, 0) is 31.9 Å². The summed E-state index contributed by atoms with van der Waals surface area (Å²) in [5.74, 6) is -0.215. The van der Waals surface area contributed by atoms with E-state index in [0.29, 0.717) is 37.5 Å². The van der Waals surface area contributed by atoms with Gasteiger partial charge in [0.2, 0.25) is 10.0 Å². The van der Waals surface area contributed by atoms with E-state index in [-0.39, 0.29) is 5.97 Å². The topological polar surface area (TPSA) is 66.9 Å². The lowest BCUT2D eigenvalue weighted by molar-refractivity contribution is -0.157. The lowest BCUT2D eigenvalue weighted by atomic mass is 9.87. The quantitative estimate of drug-likeness (QED) is 0.632. The molecule has 7 heteroatoms. The van der Waals surface area contributed by atoms with Crippen molar-refractivity contribution in [2.75, 3.05) is 33.3 Å². The minimum Gasteiger partial charge on any atom is -0.468 e. The first kappa shape index (κ1) is 21.9. The Morgan fingerprint density at radius 1 is 1.11 bits per heavy atom. The van der Waals surface area contributed by atoms with Crippen LogP contribution in [0.2, 0.25) is 0 Å². The number of unbranched alkanes of at least 4 members (excludes halogenated alkanes) is 1. The van der Waals surface area contributed by atoms with E-state index < -0.39 is 15.6 Å². The SMILES string of the molecule is CCCCC(CC)(C(=O)OC)N1CCN(S(=O)(=O)c2ccc(C)cc2)CC1. The molecule has 1 unspecified atom stereocenters. The van der Waals surface area contributed by atoms with Crippen LogP contribution >= 0.6 is 0 Å². The first-order valence-electron chi connectivity index (χ1n) is 9.72. The fourth-order valence-electron chi connectivity index (χ4n) is 3.81. The highest BCUT2D eigenvalue weighted by atomic mass is 32.2. The number of aryl methyl sites for hydroxylation is 1. The predicted molar refractivity (Wildman–Crippen MR) is 106 cm³/mol. The van der Waals surface area contributed by atoms with E-state index in [1.165, 1.54) is 11.4 Å². The van der Waals surface area contributed by atoms with Crippen LogP contribution in [0.3, 0.4) is 0 Å². The molecule has 1 aliphatic heterocycles. The number of sulfonamides is 1. The van der Waals surface area contributed by atoms with Crippen LogP contribution in [-0.2, 0) is 19.6 Å². The van der Waals surface area contributed by atoms with Crippen LogP contribution in [0.15, 0.2) is 29.2 Å². The summed E-state index contributed by atoms with van der Waals surface area (Å²) in [5, 5.41) is 0. The maximum absolute atomic E-state index is 12.9. The van der Waals surface area contributed by atoms with Gasteiger partial charge in [0, 0.05) is 26.2 Å². The molecule has 1 heterocycles. The molecule has 1 fully saturated rings. The summed E-state index contributed by atoms with van der Waals surface area (Å²) < 4.78 is 32.4. The summed E-state index contributed by atoms with van der Waals surface area (Å²) in [5.41, 5.74) is 0.366. The molecule has 0 aromatic heterocycles. The van der Waals surface area contributed by atoms with Gasteiger partial charge in [0.05, 0.1) is 12.0 Å². The molecule has 0 aliphatic carbocycles. The molecule has 1 atom stereocenters. The largest absolute Gasteiger partial charge is 0.468 e. The second-order valence-corrected chi connectivity index (χ2v) is 9.12. The van der Waals surface area contributed by atoms with E-state index in [2.05, 4.69) is 11.8 Å². The molecular formula is C20H32N2O4S. The number of nitrogens with zero attached hydrogens (tertiary/aromatic N) is 2. The molecule has 1 aliphatic rings. The molecule has 0 radical (unpaired) electrons. The molecule has 1 aromatic rings. The molecule has 152 valence electrons. The third kappa shape index (κ3) is 4.52. The third-order valence-corrected chi connectivity index (χ3v) is 7.51. The number of hydrogen-bond donors (Lipinski definition) is 0. The van der Waals surface area contributed by atoms with E-state index in [0.717, 1.165) is 24.8 Å². The molecule has 0 bridgehead atoms. The van der Waals surface area contributed by atoms with Gasteiger partial charge >= 0.3 is 5.97 Å². The van der Waals surface area contributed by atoms with Crippen molar-refractivity contribution in [1.82, 2.24) is 9.21 Å². The lowest BCUT2D eigenvalue weighted by Crippen LogP contribution is -2.61. The molecule has 0 N–H and O–H groups in total. The number of ether oxygens (including phenoxy) is 1. The Hall–Kier alpha value is -1.44. The highest BCUT2D eigenvalue weighted by Gasteiger charge is 2.45. The van der Waals surface area contributed by atoms with Crippen molar-refractivity contribution in [3.05, 3.63) is 29.8 Å². The number of rotatable bonds is 8. The number of carbonyl (C=O) groups excluding carboxylic acids is 1. The smallest absolute Gasteiger partial charge is 0.326 e. The summed E-state index contributed by atoms with van der Waals surface area (Å²) in [6.45, 7) is 7.84. The van der Waals surface area contributed by atoms with Crippen LogP contribution in [-0.4, -0.2) is 62.4 Å².